The molecule has 102 valence electrons. The lowest BCUT2D eigenvalue weighted by Crippen LogP contribution is -2.16. The van der Waals surface area contributed by atoms with Crippen molar-refractivity contribution in [2.45, 2.75) is 32.9 Å². The van der Waals surface area contributed by atoms with Gasteiger partial charge in [0.1, 0.15) is 5.82 Å². The van der Waals surface area contributed by atoms with Gasteiger partial charge in [0.25, 0.3) is 0 Å². The molecule has 1 aromatic carbocycles. The number of hydrogen-bond acceptors (Lipinski definition) is 5. The maximum Gasteiger partial charge on any atom is 0.205 e. The number of anilines is 1. The molecule has 0 aliphatic heterocycles. The summed E-state index contributed by atoms with van der Waals surface area (Å²) in [6, 6.07) is 8.34. The fourth-order valence-electron chi connectivity index (χ4n) is 1.81. The third-order valence-electron chi connectivity index (χ3n) is 2.92. The number of rotatable bonds is 5. The Morgan fingerprint density at radius 1 is 1.32 bits per heavy atom. The van der Waals surface area contributed by atoms with Gasteiger partial charge in [-0.15, -0.1) is 0 Å². The molecule has 5 heteroatoms. The monoisotopic (exact) mass is 276 g/mol. The molecule has 2 rings (SSSR count). The molecule has 0 fully saturated rings. The SMILES string of the molecule is CC(C)c1nsc(N(C)Cc2cccc(CN)c2)n1. The van der Waals surface area contributed by atoms with Crippen molar-refractivity contribution in [1.82, 2.24) is 9.36 Å². The highest BCUT2D eigenvalue weighted by Gasteiger charge is 2.11. The van der Waals surface area contributed by atoms with E-state index in [1.54, 1.807) is 0 Å². The molecule has 0 saturated heterocycles. The van der Waals surface area contributed by atoms with Gasteiger partial charge in [0.05, 0.1) is 0 Å². The topological polar surface area (TPSA) is 55.0 Å². The standard InChI is InChI=1S/C14H20N4S/c1-10(2)13-16-14(19-17-13)18(3)9-12-6-4-5-11(7-12)8-15/h4-7,10H,8-9,15H2,1-3H3. The average molecular weight is 276 g/mol. The Hall–Kier alpha value is -1.46. The molecule has 2 N–H and O–H groups in total. The van der Waals surface area contributed by atoms with E-state index in [9.17, 15) is 0 Å². The van der Waals surface area contributed by atoms with Crippen molar-refractivity contribution in [3.8, 4) is 0 Å². The fourth-order valence-corrected chi connectivity index (χ4v) is 2.58. The lowest BCUT2D eigenvalue weighted by atomic mass is 10.1. The normalized spacial score (nSPS) is 11.0. The Labute approximate surface area is 118 Å². The van der Waals surface area contributed by atoms with E-state index >= 15 is 0 Å². The zero-order valence-corrected chi connectivity index (χ0v) is 12.4. The molecule has 0 saturated carbocycles. The quantitative estimate of drug-likeness (QED) is 0.912. The van der Waals surface area contributed by atoms with E-state index in [4.69, 9.17) is 5.73 Å². The Kier molecular flexibility index (Phi) is 4.50. The van der Waals surface area contributed by atoms with Crippen molar-refractivity contribution >= 4 is 16.7 Å². The van der Waals surface area contributed by atoms with Crippen molar-refractivity contribution < 1.29 is 0 Å². The summed E-state index contributed by atoms with van der Waals surface area (Å²) in [6.07, 6.45) is 0. The van der Waals surface area contributed by atoms with Gasteiger partial charge >= 0.3 is 0 Å². The summed E-state index contributed by atoms with van der Waals surface area (Å²) in [4.78, 5) is 6.68. The highest BCUT2D eigenvalue weighted by atomic mass is 32.1. The number of hydrogen-bond donors (Lipinski definition) is 1. The number of nitrogens with zero attached hydrogens (tertiary/aromatic N) is 3. The molecule has 0 radical (unpaired) electrons. The molecule has 0 unspecified atom stereocenters. The molecule has 1 aromatic heterocycles. The Balaban J connectivity index is 2.08. The van der Waals surface area contributed by atoms with Crippen LogP contribution < -0.4 is 10.6 Å². The molecule has 4 nitrogen and oxygen atoms in total. The molecule has 2 aromatic rings. The molecule has 0 aliphatic rings. The van der Waals surface area contributed by atoms with Crippen molar-refractivity contribution in [3.63, 3.8) is 0 Å². The maximum absolute atomic E-state index is 5.66. The number of benzene rings is 1. The average Bonchev–Trinajstić information content (AvgIpc) is 2.89. The molecule has 0 spiro atoms. The van der Waals surface area contributed by atoms with E-state index in [1.807, 2.05) is 19.2 Å². The van der Waals surface area contributed by atoms with Crippen LogP contribution in [0.2, 0.25) is 0 Å². The molecule has 0 atom stereocenters. The van der Waals surface area contributed by atoms with Gasteiger partial charge in [0, 0.05) is 37.6 Å². The second-order valence-corrected chi connectivity index (χ2v) is 5.70. The van der Waals surface area contributed by atoms with Crippen LogP contribution >= 0.6 is 11.5 Å². The van der Waals surface area contributed by atoms with Gasteiger partial charge in [0.2, 0.25) is 5.13 Å². The largest absolute Gasteiger partial charge is 0.346 e. The lowest BCUT2D eigenvalue weighted by Gasteiger charge is -2.15. The highest BCUT2D eigenvalue weighted by Crippen LogP contribution is 2.21. The van der Waals surface area contributed by atoms with E-state index in [-0.39, 0.29) is 0 Å². The molecular weight excluding hydrogens is 256 g/mol. The third kappa shape index (κ3) is 3.52. The zero-order valence-electron chi connectivity index (χ0n) is 11.6. The molecule has 0 amide bonds. The van der Waals surface area contributed by atoms with E-state index in [1.165, 1.54) is 17.1 Å². The second-order valence-electron chi connectivity index (χ2n) is 4.97. The molecule has 0 aliphatic carbocycles. The van der Waals surface area contributed by atoms with Gasteiger partial charge < -0.3 is 10.6 Å². The van der Waals surface area contributed by atoms with Crippen molar-refractivity contribution in [1.29, 1.82) is 0 Å². The van der Waals surface area contributed by atoms with Gasteiger partial charge in [-0.25, -0.2) is 4.98 Å². The van der Waals surface area contributed by atoms with Crippen LogP contribution in [0.3, 0.4) is 0 Å². The molecular formula is C14H20N4S. The van der Waals surface area contributed by atoms with Crippen LogP contribution in [-0.4, -0.2) is 16.4 Å². The summed E-state index contributed by atoms with van der Waals surface area (Å²) in [6.45, 7) is 5.61. The zero-order chi connectivity index (χ0) is 13.8. The lowest BCUT2D eigenvalue weighted by molar-refractivity contribution is 0.792. The maximum atomic E-state index is 5.66. The van der Waals surface area contributed by atoms with Crippen molar-refractivity contribution in [2.75, 3.05) is 11.9 Å². The van der Waals surface area contributed by atoms with Gasteiger partial charge in [-0.3, -0.25) is 0 Å². The van der Waals surface area contributed by atoms with Crippen LogP contribution in [-0.2, 0) is 13.1 Å². The van der Waals surface area contributed by atoms with Gasteiger partial charge in [-0.2, -0.15) is 4.37 Å². The molecule has 0 bridgehead atoms. The minimum atomic E-state index is 0.374. The summed E-state index contributed by atoms with van der Waals surface area (Å²) in [5.41, 5.74) is 8.06. The smallest absolute Gasteiger partial charge is 0.205 e. The predicted molar refractivity (Wildman–Crippen MR) is 80.4 cm³/mol. The first kappa shape index (κ1) is 14.0. The number of aromatic nitrogens is 2. The van der Waals surface area contributed by atoms with E-state index < -0.39 is 0 Å². The van der Waals surface area contributed by atoms with Gasteiger partial charge in [0.15, 0.2) is 0 Å². The van der Waals surface area contributed by atoms with Crippen LogP contribution in [0.4, 0.5) is 5.13 Å². The van der Waals surface area contributed by atoms with Crippen LogP contribution in [0.5, 0.6) is 0 Å². The minimum absolute atomic E-state index is 0.374. The first-order chi connectivity index (χ1) is 9.10. The highest BCUT2D eigenvalue weighted by molar-refractivity contribution is 7.09. The van der Waals surface area contributed by atoms with Crippen molar-refractivity contribution in [3.05, 3.63) is 41.2 Å². The third-order valence-corrected chi connectivity index (χ3v) is 3.77. The van der Waals surface area contributed by atoms with Crippen LogP contribution in [0.15, 0.2) is 24.3 Å². The summed E-state index contributed by atoms with van der Waals surface area (Å²) in [5, 5.41) is 0.960. The first-order valence-corrected chi connectivity index (χ1v) is 7.20. The van der Waals surface area contributed by atoms with Gasteiger partial charge in [-0.05, 0) is 11.1 Å². The predicted octanol–water partition coefficient (Wildman–Crippen LogP) is 2.76. The second kappa shape index (κ2) is 6.12. The Bertz CT molecular complexity index is 536. The van der Waals surface area contributed by atoms with Crippen LogP contribution in [0.1, 0.15) is 36.7 Å². The summed E-state index contributed by atoms with van der Waals surface area (Å²) >= 11 is 1.46. The van der Waals surface area contributed by atoms with Crippen LogP contribution in [0.25, 0.3) is 0 Å². The van der Waals surface area contributed by atoms with E-state index in [2.05, 4.69) is 40.2 Å². The first-order valence-electron chi connectivity index (χ1n) is 6.42. The molecule has 1 heterocycles. The van der Waals surface area contributed by atoms with E-state index in [0.717, 1.165) is 23.1 Å². The Morgan fingerprint density at radius 3 is 2.68 bits per heavy atom. The van der Waals surface area contributed by atoms with Gasteiger partial charge in [-0.1, -0.05) is 38.1 Å². The fraction of sp³-hybridized carbons (Fsp3) is 0.429. The summed E-state index contributed by atoms with van der Waals surface area (Å²) in [7, 11) is 2.04. The van der Waals surface area contributed by atoms with Crippen molar-refractivity contribution in [2.24, 2.45) is 5.73 Å². The Morgan fingerprint density at radius 2 is 2.05 bits per heavy atom. The minimum Gasteiger partial charge on any atom is -0.346 e. The summed E-state index contributed by atoms with van der Waals surface area (Å²) < 4.78 is 4.38. The van der Waals surface area contributed by atoms with Crippen LogP contribution in [0, 0.1) is 0 Å². The van der Waals surface area contributed by atoms with E-state index in [0.29, 0.717) is 12.5 Å². The molecule has 19 heavy (non-hydrogen) atoms. The summed E-state index contributed by atoms with van der Waals surface area (Å²) in [5.74, 6) is 1.29. The number of nitrogens with two attached hydrogens (primary N) is 1.